The molecule has 0 unspecified atom stereocenters. The molecule has 0 aliphatic carbocycles. The summed E-state index contributed by atoms with van der Waals surface area (Å²) >= 11 is 0. The molecule has 0 saturated carbocycles. The number of methoxy groups -OCH3 is 1. The second-order valence-corrected chi connectivity index (χ2v) is 3.96. The first-order valence-corrected chi connectivity index (χ1v) is 4.08. The molecule has 68 valence electrons. The van der Waals surface area contributed by atoms with Crippen LogP contribution in [0.15, 0.2) is 0 Å². The molecule has 11 heavy (non-hydrogen) atoms. The van der Waals surface area contributed by atoms with Crippen LogP contribution in [-0.2, 0) is 9.47 Å². The molecule has 0 spiro atoms. The Balaban J connectivity index is 3.54. The van der Waals surface area contributed by atoms with Crippen LogP contribution in [-0.4, -0.2) is 26.4 Å². The van der Waals surface area contributed by atoms with E-state index < -0.39 is 0 Å². The summed E-state index contributed by atoms with van der Waals surface area (Å²) in [7, 11) is 1.72. The summed E-state index contributed by atoms with van der Waals surface area (Å²) in [6, 6.07) is 0. The molecule has 0 amide bonds. The largest absolute Gasteiger partial charge is 0.384 e. The Kier molecular flexibility index (Phi) is 4.69. The van der Waals surface area contributed by atoms with Gasteiger partial charge in [0.25, 0.3) is 0 Å². The molecule has 0 N–H and O–H groups in total. The van der Waals surface area contributed by atoms with Crippen molar-refractivity contribution in [3.63, 3.8) is 0 Å². The summed E-state index contributed by atoms with van der Waals surface area (Å²) in [6.07, 6.45) is 0.311. The minimum Gasteiger partial charge on any atom is -0.384 e. The molecule has 2 nitrogen and oxygen atoms in total. The summed E-state index contributed by atoms with van der Waals surface area (Å²) in [4.78, 5) is 0. The maximum absolute atomic E-state index is 5.48. The minimum atomic E-state index is 0.138. The fourth-order valence-corrected chi connectivity index (χ4v) is 0.825. The second-order valence-electron chi connectivity index (χ2n) is 3.96. The molecule has 0 aromatic carbocycles. The maximum atomic E-state index is 5.48. The monoisotopic (exact) mass is 160 g/mol. The topological polar surface area (TPSA) is 18.5 Å². The Labute approximate surface area is 69.9 Å². The summed E-state index contributed by atoms with van der Waals surface area (Å²) < 4.78 is 10.5. The number of ether oxygens (including phenoxy) is 2. The van der Waals surface area contributed by atoms with Crippen LogP contribution in [0.2, 0.25) is 0 Å². The van der Waals surface area contributed by atoms with E-state index in [1.54, 1.807) is 7.11 Å². The molecule has 0 aromatic rings. The van der Waals surface area contributed by atoms with Crippen LogP contribution in [0.5, 0.6) is 0 Å². The zero-order valence-corrected chi connectivity index (χ0v) is 8.31. The van der Waals surface area contributed by atoms with Gasteiger partial charge < -0.3 is 9.47 Å². The van der Waals surface area contributed by atoms with Crippen LogP contribution in [0.25, 0.3) is 0 Å². The van der Waals surface area contributed by atoms with Crippen molar-refractivity contribution in [1.29, 1.82) is 0 Å². The van der Waals surface area contributed by atoms with Crippen LogP contribution >= 0.6 is 0 Å². The summed E-state index contributed by atoms with van der Waals surface area (Å²) in [6.45, 7) is 9.88. The molecule has 0 aliphatic rings. The molecule has 0 aliphatic heterocycles. The van der Waals surface area contributed by atoms with Gasteiger partial charge in [0, 0.05) is 12.5 Å². The van der Waals surface area contributed by atoms with E-state index in [1.165, 1.54) is 0 Å². The van der Waals surface area contributed by atoms with Gasteiger partial charge >= 0.3 is 0 Å². The zero-order valence-electron chi connectivity index (χ0n) is 8.31. The van der Waals surface area contributed by atoms with Crippen molar-refractivity contribution in [3.05, 3.63) is 0 Å². The van der Waals surface area contributed by atoms with Gasteiger partial charge in [0.1, 0.15) is 0 Å². The van der Waals surface area contributed by atoms with Gasteiger partial charge in [-0.1, -0.05) is 13.8 Å². The quantitative estimate of drug-likeness (QED) is 0.613. The van der Waals surface area contributed by atoms with Crippen LogP contribution in [0.3, 0.4) is 0 Å². The highest BCUT2D eigenvalue weighted by Crippen LogP contribution is 2.15. The first kappa shape index (κ1) is 10.9. The normalized spacial score (nSPS) is 12.5. The van der Waals surface area contributed by atoms with E-state index in [2.05, 4.69) is 13.8 Å². The molecular weight excluding hydrogens is 140 g/mol. The van der Waals surface area contributed by atoms with Crippen molar-refractivity contribution >= 4 is 0 Å². The van der Waals surface area contributed by atoms with E-state index in [0.29, 0.717) is 6.10 Å². The molecule has 0 aromatic heterocycles. The van der Waals surface area contributed by atoms with Gasteiger partial charge in [-0.15, -0.1) is 0 Å². The molecule has 0 atom stereocenters. The molecule has 0 rings (SSSR count). The lowest BCUT2D eigenvalue weighted by molar-refractivity contribution is -0.0128. The van der Waals surface area contributed by atoms with E-state index in [-0.39, 0.29) is 5.41 Å². The Morgan fingerprint density at radius 1 is 1.18 bits per heavy atom. The van der Waals surface area contributed by atoms with Crippen LogP contribution in [0, 0.1) is 5.41 Å². The fourth-order valence-electron chi connectivity index (χ4n) is 0.825. The lowest BCUT2D eigenvalue weighted by Gasteiger charge is -2.24. The highest BCUT2D eigenvalue weighted by Gasteiger charge is 2.18. The second kappa shape index (κ2) is 4.73. The Hall–Kier alpha value is -0.0800. The predicted octanol–water partition coefficient (Wildman–Crippen LogP) is 2.08. The Morgan fingerprint density at radius 3 is 2.09 bits per heavy atom. The average Bonchev–Trinajstić information content (AvgIpc) is 1.84. The van der Waals surface area contributed by atoms with E-state index in [9.17, 15) is 0 Å². The molecule has 2 heteroatoms. The molecule has 0 bridgehead atoms. The van der Waals surface area contributed by atoms with E-state index in [0.717, 1.165) is 13.2 Å². The molecular formula is C9H20O2. The SMILES string of the molecule is COCC(C)(C)COC(C)C. The fraction of sp³-hybridized carbons (Fsp3) is 1.00. The van der Waals surface area contributed by atoms with E-state index in [4.69, 9.17) is 9.47 Å². The van der Waals surface area contributed by atoms with Gasteiger partial charge in [-0.2, -0.15) is 0 Å². The third kappa shape index (κ3) is 6.32. The van der Waals surface area contributed by atoms with Gasteiger partial charge in [0.2, 0.25) is 0 Å². The van der Waals surface area contributed by atoms with E-state index >= 15 is 0 Å². The summed E-state index contributed by atoms with van der Waals surface area (Å²) in [5.41, 5.74) is 0.138. The minimum absolute atomic E-state index is 0.138. The van der Waals surface area contributed by atoms with Gasteiger partial charge in [0.15, 0.2) is 0 Å². The molecule has 0 heterocycles. The smallest absolute Gasteiger partial charge is 0.0542 e. The molecule has 0 saturated heterocycles. The highest BCUT2D eigenvalue weighted by molar-refractivity contribution is 4.66. The van der Waals surface area contributed by atoms with Crippen molar-refractivity contribution in [1.82, 2.24) is 0 Å². The Bertz CT molecular complexity index is 97.7. The lowest BCUT2D eigenvalue weighted by atomic mass is 9.96. The van der Waals surface area contributed by atoms with Crippen LogP contribution in [0.4, 0.5) is 0 Å². The Morgan fingerprint density at radius 2 is 1.73 bits per heavy atom. The number of rotatable bonds is 5. The van der Waals surface area contributed by atoms with Gasteiger partial charge in [0.05, 0.1) is 19.3 Å². The average molecular weight is 160 g/mol. The zero-order chi connectivity index (χ0) is 8.91. The van der Waals surface area contributed by atoms with Gasteiger partial charge in [-0.25, -0.2) is 0 Å². The summed E-state index contributed by atoms with van der Waals surface area (Å²) in [5.74, 6) is 0. The maximum Gasteiger partial charge on any atom is 0.0542 e. The third-order valence-corrected chi connectivity index (χ3v) is 1.34. The van der Waals surface area contributed by atoms with Gasteiger partial charge in [-0.05, 0) is 13.8 Å². The van der Waals surface area contributed by atoms with Crippen molar-refractivity contribution in [2.75, 3.05) is 20.3 Å². The first-order valence-electron chi connectivity index (χ1n) is 4.08. The number of hydrogen-bond acceptors (Lipinski definition) is 2. The first-order chi connectivity index (χ1) is 4.98. The lowest BCUT2D eigenvalue weighted by Crippen LogP contribution is -2.26. The molecule has 0 radical (unpaired) electrons. The molecule has 0 fully saturated rings. The van der Waals surface area contributed by atoms with Gasteiger partial charge in [-0.3, -0.25) is 0 Å². The van der Waals surface area contributed by atoms with Crippen molar-refractivity contribution in [2.24, 2.45) is 5.41 Å². The standard InChI is InChI=1S/C9H20O2/c1-8(2)11-7-9(3,4)6-10-5/h8H,6-7H2,1-5H3. The van der Waals surface area contributed by atoms with Crippen LogP contribution in [0.1, 0.15) is 27.7 Å². The predicted molar refractivity (Wildman–Crippen MR) is 46.7 cm³/mol. The number of hydrogen-bond donors (Lipinski definition) is 0. The summed E-state index contributed by atoms with van der Waals surface area (Å²) in [5, 5.41) is 0. The van der Waals surface area contributed by atoms with Crippen LogP contribution < -0.4 is 0 Å². The third-order valence-electron chi connectivity index (χ3n) is 1.34. The van der Waals surface area contributed by atoms with Crippen molar-refractivity contribution < 1.29 is 9.47 Å². The van der Waals surface area contributed by atoms with Crippen molar-refractivity contribution in [2.45, 2.75) is 33.8 Å². The highest BCUT2D eigenvalue weighted by atomic mass is 16.5. The van der Waals surface area contributed by atoms with Crippen molar-refractivity contribution in [3.8, 4) is 0 Å². The van der Waals surface area contributed by atoms with E-state index in [1.807, 2.05) is 13.8 Å².